The number of hydrogen-bond donors (Lipinski definition) is 2. The number of carbonyl (C=O) groups is 2. The summed E-state index contributed by atoms with van der Waals surface area (Å²) in [6, 6.07) is 9.24. The fourth-order valence-corrected chi connectivity index (χ4v) is 5.11. The number of nitrogens with one attached hydrogen (secondary N) is 2. The Morgan fingerprint density at radius 3 is 2.70 bits per heavy atom. The van der Waals surface area contributed by atoms with Crippen molar-refractivity contribution in [1.82, 2.24) is 14.8 Å². The van der Waals surface area contributed by atoms with E-state index in [-0.39, 0.29) is 28.2 Å². The van der Waals surface area contributed by atoms with Crippen LogP contribution in [0.4, 0.5) is 11.4 Å². The molecule has 37 heavy (non-hydrogen) atoms. The zero-order chi connectivity index (χ0) is 26.9. The Bertz CT molecular complexity index is 1400. The minimum absolute atomic E-state index is 0.0171. The number of rotatable bonds is 8. The number of nitriles is 1. The molecule has 0 radical (unpaired) electrons. The lowest BCUT2D eigenvalue weighted by Gasteiger charge is -2.31. The van der Waals surface area contributed by atoms with E-state index >= 15 is 0 Å². The molecule has 0 spiro atoms. The summed E-state index contributed by atoms with van der Waals surface area (Å²) >= 11 is 1.05. The highest BCUT2D eigenvalue weighted by molar-refractivity contribution is 7.07. The zero-order valence-corrected chi connectivity index (χ0v) is 22.2. The number of nitrogens with zero attached hydrogens (tertiary/aromatic N) is 4. The van der Waals surface area contributed by atoms with Crippen LogP contribution in [-0.4, -0.2) is 54.5 Å². The van der Waals surface area contributed by atoms with E-state index in [1.807, 2.05) is 30.3 Å². The summed E-state index contributed by atoms with van der Waals surface area (Å²) in [5.74, 6) is 2.40. The highest BCUT2D eigenvalue weighted by Crippen LogP contribution is 2.20. The molecule has 2 N–H and O–H groups in total. The maximum Gasteiger partial charge on any atom is 0.270 e. The second-order valence-electron chi connectivity index (χ2n) is 8.94. The van der Waals surface area contributed by atoms with Gasteiger partial charge in [0.05, 0.1) is 13.1 Å². The lowest BCUT2D eigenvalue weighted by molar-refractivity contribution is -0.119. The number of aromatic nitrogens is 1. The van der Waals surface area contributed by atoms with Crippen LogP contribution in [0.2, 0.25) is 0 Å². The van der Waals surface area contributed by atoms with Gasteiger partial charge in [-0.25, -0.2) is 0 Å². The van der Waals surface area contributed by atoms with Crippen LogP contribution < -0.4 is 30.3 Å². The third kappa shape index (κ3) is 6.88. The fourth-order valence-electron chi connectivity index (χ4n) is 4.02. The summed E-state index contributed by atoms with van der Waals surface area (Å²) in [6.45, 7) is 6.55. The molecular formula is C27H32N6O3S. The number of thiazole rings is 1. The SMILES string of the molecule is C#CCNC(=O)/C(C#N)=c1\s/c(=C/Nc2cccc(N(C)C(=O)CN3CCC(C)CC3)c2)c(=O)n1CC. The van der Waals surface area contributed by atoms with Gasteiger partial charge in [0.1, 0.15) is 15.3 Å². The molecule has 1 aromatic carbocycles. The van der Waals surface area contributed by atoms with Crippen LogP contribution in [0.5, 0.6) is 0 Å². The van der Waals surface area contributed by atoms with Crippen molar-refractivity contribution in [3.8, 4) is 18.4 Å². The molecule has 2 aromatic rings. The number of likely N-dealkylation sites (tertiary alicyclic amines) is 1. The Balaban J connectivity index is 1.82. The van der Waals surface area contributed by atoms with Crippen molar-refractivity contribution in [3.05, 3.63) is 43.8 Å². The normalized spacial score (nSPS) is 15.4. The molecule has 3 rings (SSSR count). The Labute approximate surface area is 220 Å². The monoisotopic (exact) mass is 520 g/mol. The second-order valence-corrected chi connectivity index (χ2v) is 9.98. The van der Waals surface area contributed by atoms with Gasteiger partial charge in [0.25, 0.3) is 11.5 Å². The van der Waals surface area contributed by atoms with E-state index in [4.69, 9.17) is 6.42 Å². The maximum atomic E-state index is 12.9. The molecule has 0 unspecified atom stereocenters. The third-order valence-electron chi connectivity index (χ3n) is 6.34. The van der Waals surface area contributed by atoms with E-state index in [0.717, 1.165) is 43.0 Å². The molecular weight excluding hydrogens is 488 g/mol. The third-order valence-corrected chi connectivity index (χ3v) is 7.47. The van der Waals surface area contributed by atoms with Gasteiger partial charge in [0.15, 0.2) is 5.57 Å². The van der Waals surface area contributed by atoms with Gasteiger partial charge in [-0.3, -0.25) is 23.9 Å². The number of terminal acetylenes is 1. The van der Waals surface area contributed by atoms with Crippen LogP contribution in [0.3, 0.4) is 0 Å². The van der Waals surface area contributed by atoms with Crippen LogP contribution in [-0.2, 0) is 16.1 Å². The van der Waals surface area contributed by atoms with Gasteiger partial charge in [0.2, 0.25) is 5.91 Å². The quantitative estimate of drug-likeness (QED) is 0.501. The molecule has 0 atom stereocenters. The summed E-state index contributed by atoms with van der Waals surface area (Å²) in [5.41, 5.74) is 0.949. The predicted octanol–water partition coefficient (Wildman–Crippen LogP) is 0.898. The number of hydrogen-bond acceptors (Lipinski definition) is 7. The Hall–Kier alpha value is -3.86. The minimum Gasteiger partial charge on any atom is -0.360 e. The van der Waals surface area contributed by atoms with Crippen molar-refractivity contribution < 1.29 is 9.59 Å². The Morgan fingerprint density at radius 2 is 2.05 bits per heavy atom. The Kier molecular flexibility index (Phi) is 9.67. The van der Waals surface area contributed by atoms with Crippen LogP contribution in [0.15, 0.2) is 29.1 Å². The summed E-state index contributed by atoms with van der Waals surface area (Å²) < 4.78 is 1.99. The number of carbonyl (C=O) groups excluding carboxylic acids is 2. The lowest BCUT2D eigenvalue weighted by Crippen LogP contribution is -2.42. The first-order chi connectivity index (χ1) is 17.8. The van der Waals surface area contributed by atoms with Crippen LogP contribution in [0.25, 0.3) is 11.8 Å². The molecule has 1 aliphatic heterocycles. The number of piperidine rings is 1. The van der Waals surface area contributed by atoms with Crippen LogP contribution in [0.1, 0.15) is 26.7 Å². The van der Waals surface area contributed by atoms with Crippen molar-refractivity contribution in [1.29, 1.82) is 5.26 Å². The molecule has 1 aliphatic rings. The van der Waals surface area contributed by atoms with Gasteiger partial charge < -0.3 is 15.5 Å². The van der Waals surface area contributed by atoms with Crippen LogP contribution in [0, 0.1) is 29.6 Å². The summed E-state index contributed by atoms with van der Waals surface area (Å²) in [7, 11) is 1.76. The predicted molar refractivity (Wildman–Crippen MR) is 147 cm³/mol. The standard InChI is InChI=1S/C27H32N6O3S/c1-5-12-29-25(35)22(16-28)27-33(6-2)26(36)23(37-27)17-30-20-8-7-9-21(15-20)31(4)24(34)18-32-13-10-19(3)11-14-32/h1,7-9,15,17,19,30H,6,10-14,18H2,2-4H3,(H,29,35)/b23-17+,27-22-. The van der Waals surface area contributed by atoms with E-state index in [1.165, 1.54) is 4.57 Å². The first-order valence-electron chi connectivity index (χ1n) is 12.2. The van der Waals surface area contributed by atoms with Crippen LogP contribution >= 0.6 is 11.3 Å². The minimum atomic E-state index is -0.622. The van der Waals surface area contributed by atoms with E-state index in [1.54, 1.807) is 25.1 Å². The number of anilines is 2. The highest BCUT2D eigenvalue weighted by Gasteiger charge is 2.20. The van der Waals surface area contributed by atoms with E-state index < -0.39 is 5.91 Å². The molecule has 0 aliphatic carbocycles. The van der Waals surface area contributed by atoms with Gasteiger partial charge in [-0.1, -0.05) is 18.9 Å². The molecule has 10 heteroatoms. The van der Waals surface area contributed by atoms with Gasteiger partial charge in [-0.05, 0) is 57.0 Å². The number of likely N-dealkylation sites (N-methyl/N-ethyl adjacent to an activating group) is 1. The van der Waals surface area contributed by atoms with E-state index in [9.17, 15) is 19.6 Å². The molecule has 2 amide bonds. The average Bonchev–Trinajstić information content (AvgIpc) is 3.22. The smallest absolute Gasteiger partial charge is 0.270 e. The summed E-state index contributed by atoms with van der Waals surface area (Å²) in [6.07, 6.45) is 8.95. The summed E-state index contributed by atoms with van der Waals surface area (Å²) in [5, 5.41) is 15.1. The van der Waals surface area contributed by atoms with Crippen molar-refractivity contribution in [2.75, 3.05) is 43.4 Å². The average molecular weight is 521 g/mol. The van der Waals surface area contributed by atoms with Crippen molar-refractivity contribution in [3.63, 3.8) is 0 Å². The molecule has 0 saturated carbocycles. The lowest BCUT2D eigenvalue weighted by atomic mass is 9.99. The van der Waals surface area contributed by atoms with E-state index in [2.05, 4.69) is 28.4 Å². The molecule has 9 nitrogen and oxygen atoms in total. The number of benzene rings is 1. The molecule has 1 fully saturated rings. The van der Waals surface area contributed by atoms with Gasteiger partial charge >= 0.3 is 0 Å². The number of amides is 2. The Morgan fingerprint density at radius 1 is 1.32 bits per heavy atom. The topological polar surface area (TPSA) is 110 Å². The first-order valence-corrected chi connectivity index (χ1v) is 13.0. The first kappa shape index (κ1) is 27.7. The molecule has 1 saturated heterocycles. The molecule has 1 aromatic heterocycles. The van der Waals surface area contributed by atoms with Crippen molar-refractivity contribution in [2.45, 2.75) is 33.2 Å². The van der Waals surface area contributed by atoms with Gasteiger partial charge in [-0.15, -0.1) is 17.8 Å². The second kappa shape index (κ2) is 12.9. The largest absolute Gasteiger partial charge is 0.360 e. The van der Waals surface area contributed by atoms with Crippen molar-refractivity contribution >= 4 is 46.3 Å². The summed E-state index contributed by atoms with van der Waals surface area (Å²) in [4.78, 5) is 42.0. The molecule has 194 valence electrons. The molecule has 2 heterocycles. The van der Waals surface area contributed by atoms with Crippen molar-refractivity contribution in [2.24, 2.45) is 5.92 Å². The fraction of sp³-hybridized carbons (Fsp3) is 0.407. The molecule has 0 bridgehead atoms. The van der Waals surface area contributed by atoms with E-state index in [0.29, 0.717) is 29.2 Å². The van der Waals surface area contributed by atoms with Gasteiger partial charge in [-0.2, -0.15) is 5.26 Å². The highest BCUT2D eigenvalue weighted by atomic mass is 32.1. The zero-order valence-electron chi connectivity index (χ0n) is 21.4. The maximum absolute atomic E-state index is 12.9. The van der Waals surface area contributed by atoms with Gasteiger partial charge in [0, 0.05) is 31.2 Å².